The summed E-state index contributed by atoms with van der Waals surface area (Å²) in [5, 5.41) is 1.07. The summed E-state index contributed by atoms with van der Waals surface area (Å²) in [6.07, 6.45) is 3.51. The van der Waals surface area contributed by atoms with Gasteiger partial charge in [-0.05, 0) is 19.4 Å². The molecule has 2 rings (SSSR count). The number of ether oxygens (including phenoxy) is 2. The number of aryl methyl sites for hydroxylation is 1. The van der Waals surface area contributed by atoms with Crippen LogP contribution >= 0.6 is 0 Å². The maximum atomic E-state index is 5.98. The molecule has 0 spiro atoms. The van der Waals surface area contributed by atoms with Gasteiger partial charge in [0.2, 0.25) is 0 Å². The van der Waals surface area contributed by atoms with Crippen molar-refractivity contribution in [1.82, 2.24) is 9.55 Å². The first-order chi connectivity index (χ1) is 8.66. The lowest BCUT2D eigenvalue weighted by Gasteiger charge is -2.09. The lowest BCUT2D eigenvalue weighted by molar-refractivity contribution is 0.0352. The third-order valence-corrected chi connectivity index (χ3v) is 3.22. The zero-order chi connectivity index (χ0) is 13.1. The fourth-order valence-corrected chi connectivity index (χ4v) is 2.11. The van der Waals surface area contributed by atoms with E-state index in [1.165, 1.54) is 5.56 Å². The topological polar surface area (TPSA) is 62.3 Å². The summed E-state index contributed by atoms with van der Waals surface area (Å²) in [7, 11) is 1.66. The Hall–Kier alpha value is -1.59. The average molecular weight is 249 g/mol. The van der Waals surface area contributed by atoms with Gasteiger partial charge in [0, 0.05) is 18.2 Å². The molecule has 2 heterocycles. The molecule has 5 nitrogen and oxygen atoms in total. The fourth-order valence-electron chi connectivity index (χ4n) is 2.11. The van der Waals surface area contributed by atoms with Crippen LogP contribution < -0.4 is 5.73 Å². The van der Waals surface area contributed by atoms with Gasteiger partial charge in [0.05, 0.1) is 36.8 Å². The first-order valence-corrected chi connectivity index (χ1v) is 5.92. The standard InChI is InChI=1S/C13H19N3O2/c1-9-10(2)16(8-18-5-4-17-3)12-7-15-6-11(14)13(9)12/h6-7H,4-5,8,14H2,1-3H3. The van der Waals surface area contributed by atoms with Gasteiger partial charge in [-0.25, -0.2) is 0 Å². The van der Waals surface area contributed by atoms with Crippen LogP contribution in [0.4, 0.5) is 5.69 Å². The number of aromatic nitrogens is 2. The predicted octanol–water partition coefficient (Wildman–Crippen LogP) is 1.86. The molecule has 2 N–H and O–H groups in total. The van der Waals surface area contributed by atoms with Gasteiger partial charge in [-0.2, -0.15) is 0 Å². The molecule has 2 aromatic heterocycles. The Morgan fingerprint density at radius 1 is 1.28 bits per heavy atom. The van der Waals surface area contributed by atoms with Crippen LogP contribution in [0.1, 0.15) is 11.3 Å². The number of fused-ring (bicyclic) bond motifs is 1. The van der Waals surface area contributed by atoms with Crippen molar-refractivity contribution in [2.45, 2.75) is 20.6 Å². The van der Waals surface area contributed by atoms with Crippen molar-refractivity contribution in [3.05, 3.63) is 23.7 Å². The van der Waals surface area contributed by atoms with Crippen molar-refractivity contribution in [2.24, 2.45) is 0 Å². The summed E-state index contributed by atoms with van der Waals surface area (Å²) in [5.74, 6) is 0. The van der Waals surface area contributed by atoms with E-state index in [-0.39, 0.29) is 0 Å². The summed E-state index contributed by atoms with van der Waals surface area (Å²) in [4.78, 5) is 4.15. The minimum Gasteiger partial charge on any atom is -0.397 e. The third-order valence-electron chi connectivity index (χ3n) is 3.22. The van der Waals surface area contributed by atoms with Crippen molar-refractivity contribution in [3.8, 4) is 0 Å². The first-order valence-electron chi connectivity index (χ1n) is 5.92. The quantitative estimate of drug-likeness (QED) is 0.821. The van der Waals surface area contributed by atoms with Crippen molar-refractivity contribution >= 4 is 16.6 Å². The van der Waals surface area contributed by atoms with Gasteiger partial charge in [-0.1, -0.05) is 0 Å². The van der Waals surface area contributed by atoms with E-state index in [1.54, 1.807) is 13.3 Å². The molecule has 0 aromatic carbocycles. The second-order valence-corrected chi connectivity index (χ2v) is 4.29. The van der Waals surface area contributed by atoms with Crippen LogP contribution in [-0.2, 0) is 16.2 Å². The Balaban J connectivity index is 2.32. The molecule has 0 aliphatic carbocycles. The fraction of sp³-hybridized carbons (Fsp3) is 0.462. The van der Waals surface area contributed by atoms with Crippen LogP contribution in [-0.4, -0.2) is 29.9 Å². The molecule has 98 valence electrons. The molecule has 0 aliphatic rings. The third kappa shape index (κ3) is 2.19. The molecule has 18 heavy (non-hydrogen) atoms. The first kappa shape index (κ1) is 12.9. The number of nitrogens with zero attached hydrogens (tertiary/aromatic N) is 2. The number of nitrogen functional groups attached to an aromatic ring is 1. The maximum Gasteiger partial charge on any atom is 0.123 e. The summed E-state index contributed by atoms with van der Waals surface area (Å²) in [6.45, 7) is 5.79. The van der Waals surface area contributed by atoms with Crippen LogP contribution in [0.3, 0.4) is 0 Å². The van der Waals surface area contributed by atoms with Gasteiger partial charge in [0.1, 0.15) is 6.73 Å². The number of pyridine rings is 1. The Morgan fingerprint density at radius 3 is 2.78 bits per heavy atom. The van der Waals surface area contributed by atoms with Crippen LogP contribution in [0, 0.1) is 13.8 Å². The molecule has 0 fully saturated rings. The van der Waals surface area contributed by atoms with Crippen LogP contribution in [0.15, 0.2) is 12.4 Å². The molecule has 0 amide bonds. The van der Waals surface area contributed by atoms with Crippen LogP contribution in [0.25, 0.3) is 10.9 Å². The van der Waals surface area contributed by atoms with Crippen molar-refractivity contribution in [2.75, 3.05) is 26.1 Å². The molecule has 0 saturated carbocycles. The van der Waals surface area contributed by atoms with Gasteiger partial charge in [0.15, 0.2) is 0 Å². The second-order valence-electron chi connectivity index (χ2n) is 4.29. The van der Waals surface area contributed by atoms with Crippen LogP contribution in [0.5, 0.6) is 0 Å². The van der Waals surface area contributed by atoms with Crippen molar-refractivity contribution in [1.29, 1.82) is 0 Å². The van der Waals surface area contributed by atoms with E-state index >= 15 is 0 Å². The molecular weight excluding hydrogens is 230 g/mol. The number of hydrogen-bond acceptors (Lipinski definition) is 4. The highest BCUT2D eigenvalue weighted by Gasteiger charge is 2.13. The van der Waals surface area contributed by atoms with Gasteiger partial charge in [-0.15, -0.1) is 0 Å². The van der Waals surface area contributed by atoms with Gasteiger partial charge < -0.3 is 19.8 Å². The number of anilines is 1. The SMILES string of the molecule is COCCOCn1c(C)c(C)c2c(N)cncc21. The Morgan fingerprint density at radius 2 is 2.06 bits per heavy atom. The highest BCUT2D eigenvalue weighted by molar-refractivity contribution is 5.94. The molecular formula is C13H19N3O2. The van der Waals surface area contributed by atoms with Gasteiger partial charge in [0.25, 0.3) is 0 Å². The van der Waals surface area contributed by atoms with E-state index in [0.29, 0.717) is 25.6 Å². The van der Waals surface area contributed by atoms with Gasteiger partial charge in [-0.3, -0.25) is 4.98 Å². The molecule has 0 radical (unpaired) electrons. The van der Waals surface area contributed by atoms with Crippen molar-refractivity contribution < 1.29 is 9.47 Å². The Kier molecular flexibility index (Phi) is 3.84. The lowest BCUT2D eigenvalue weighted by atomic mass is 10.2. The van der Waals surface area contributed by atoms with E-state index in [1.807, 2.05) is 6.20 Å². The summed E-state index contributed by atoms with van der Waals surface area (Å²) >= 11 is 0. The maximum absolute atomic E-state index is 5.98. The van der Waals surface area contributed by atoms with E-state index < -0.39 is 0 Å². The van der Waals surface area contributed by atoms with E-state index in [0.717, 1.165) is 16.6 Å². The monoisotopic (exact) mass is 249 g/mol. The van der Waals surface area contributed by atoms with Crippen molar-refractivity contribution in [3.63, 3.8) is 0 Å². The molecule has 0 saturated heterocycles. The average Bonchev–Trinajstić information content (AvgIpc) is 2.60. The largest absolute Gasteiger partial charge is 0.397 e. The minimum absolute atomic E-state index is 0.491. The summed E-state index contributed by atoms with van der Waals surface area (Å²) < 4.78 is 12.6. The number of hydrogen-bond donors (Lipinski definition) is 1. The molecule has 0 unspecified atom stereocenters. The Labute approximate surface area is 107 Å². The highest BCUT2D eigenvalue weighted by atomic mass is 16.5. The molecule has 5 heteroatoms. The summed E-state index contributed by atoms with van der Waals surface area (Å²) in [5.41, 5.74) is 10.0. The van der Waals surface area contributed by atoms with Crippen LogP contribution in [0.2, 0.25) is 0 Å². The summed E-state index contributed by atoms with van der Waals surface area (Å²) in [6, 6.07) is 0. The molecule has 0 aliphatic heterocycles. The van der Waals surface area contributed by atoms with E-state index in [2.05, 4.69) is 23.4 Å². The Bertz CT molecular complexity index is 549. The lowest BCUT2D eigenvalue weighted by Crippen LogP contribution is -2.08. The number of methoxy groups -OCH3 is 1. The zero-order valence-corrected chi connectivity index (χ0v) is 11.1. The molecule has 2 aromatic rings. The number of rotatable bonds is 5. The number of nitrogens with two attached hydrogens (primary N) is 1. The molecule has 0 atom stereocenters. The minimum atomic E-state index is 0.491. The normalized spacial score (nSPS) is 11.3. The second kappa shape index (κ2) is 5.37. The predicted molar refractivity (Wildman–Crippen MR) is 71.4 cm³/mol. The smallest absolute Gasteiger partial charge is 0.123 e. The zero-order valence-electron chi connectivity index (χ0n) is 11.1. The van der Waals surface area contributed by atoms with E-state index in [9.17, 15) is 0 Å². The van der Waals surface area contributed by atoms with Gasteiger partial charge >= 0.3 is 0 Å². The molecule has 0 bridgehead atoms. The highest BCUT2D eigenvalue weighted by Crippen LogP contribution is 2.28. The van der Waals surface area contributed by atoms with E-state index in [4.69, 9.17) is 15.2 Å².